The van der Waals surface area contributed by atoms with Gasteiger partial charge in [-0.05, 0) is 24.6 Å². The maximum Gasteiger partial charge on any atom is 0.190 e. The molecule has 15 heavy (non-hydrogen) atoms. The second-order valence-corrected chi connectivity index (χ2v) is 3.22. The summed E-state index contributed by atoms with van der Waals surface area (Å²) in [5.74, 6) is 0.686. The van der Waals surface area contributed by atoms with Crippen LogP contribution in [0.1, 0.15) is 5.56 Å². The van der Waals surface area contributed by atoms with Crippen molar-refractivity contribution < 1.29 is 5.11 Å². The van der Waals surface area contributed by atoms with Crippen LogP contribution in [0.5, 0.6) is 5.88 Å². The van der Waals surface area contributed by atoms with Gasteiger partial charge in [0, 0.05) is 6.07 Å². The van der Waals surface area contributed by atoms with E-state index in [2.05, 4.69) is 15.2 Å². The first-order valence-electron chi connectivity index (χ1n) is 4.61. The van der Waals surface area contributed by atoms with E-state index in [-0.39, 0.29) is 5.88 Å². The number of azo groups is 1. The molecule has 1 aromatic heterocycles. The molecule has 0 unspecified atom stereocenters. The summed E-state index contributed by atoms with van der Waals surface area (Å²) in [5.41, 5.74) is 1.65. The molecule has 0 saturated carbocycles. The predicted molar refractivity (Wildman–Crippen MR) is 57.8 cm³/mol. The van der Waals surface area contributed by atoms with Crippen LogP contribution in [0, 0.1) is 6.92 Å². The number of nitrogens with one attached hydrogen (secondary N) is 1. The summed E-state index contributed by atoms with van der Waals surface area (Å²) in [5, 5.41) is 17.2. The van der Waals surface area contributed by atoms with Crippen molar-refractivity contribution in [2.24, 2.45) is 10.2 Å². The van der Waals surface area contributed by atoms with Gasteiger partial charge in [0.2, 0.25) is 0 Å². The van der Waals surface area contributed by atoms with Crippen LogP contribution in [0.25, 0.3) is 0 Å². The normalized spacial score (nSPS) is 11.0. The smallest absolute Gasteiger partial charge is 0.190 e. The fraction of sp³-hybridized carbons (Fsp3) is 0.0909. The molecule has 4 nitrogen and oxygen atoms in total. The van der Waals surface area contributed by atoms with Crippen LogP contribution in [-0.4, -0.2) is 10.1 Å². The molecule has 2 N–H and O–H groups in total. The number of aromatic amines is 1. The second kappa shape index (κ2) is 3.96. The third kappa shape index (κ3) is 2.22. The van der Waals surface area contributed by atoms with E-state index in [1.807, 2.05) is 37.3 Å². The van der Waals surface area contributed by atoms with Crippen LogP contribution in [0.4, 0.5) is 11.5 Å². The topological polar surface area (TPSA) is 60.7 Å². The molecule has 0 aliphatic heterocycles. The van der Waals surface area contributed by atoms with E-state index in [1.54, 1.807) is 6.07 Å². The Labute approximate surface area is 87.3 Å². The predicted octanol–water partition coefficient (Wildman–Crippen LogP) is 3.44. The minimum absolute atomic E-state index is 0.106. The Balaban J connectivity index is 2.22. The van der Waals surface area contributed by atoms with Gasteiger partial charge in [0.15, 0.2) is 11.7 Å². The number of nitrogens with zero attached hydrogens (tertiary/aromatic N) is 2. The molecule has 1 heterocycles. The molecule has 2 rings (SSSR count). The Kier molecular flexibility index (Phi) is 2.49. The summed E-state index contributed by atoms with van der Waals surface area (Å²) < 4.78 is 0. The molecule has 0 amide bonds. The van der Waals surface area contributed by atoms with E-state index in [4.69, 9.17) is 0 Å². The van der Waals surface area contributed by atoms with Crippen LogP contribution in [0.3, 0.4) is 0 Å². The molecule has 0 aliphatic carbocycles. The Morgan fingerprint density at radius 2 is 1.87 bits per heavy atom. The first kappa shape index (κ1) is 9.45. The third-order valence-corrected chi connectivity index (χ3v) is 1.99. The fourth-order valence-corrected chi connectivity index (χ4v) is 1.24. The van der Waals surface area contributed by atoms with Crippen molar-refractivity contribution in [2.75, 3.05) is 0 Å². The third-order valence-electron chi connectivity index (χ3n) is 1.99. The average molecular weight is 201 g/mol. The number of aromatic nitrogens is 1. The molecule has 0 atom stereocenters. The minimum atomic E-state index is 0.106. The zero-order valence-corrected chi connectivity index (χ0v) is 8.31. The number of hydrogen-bond acceptors (Lipinski definition) is 3. The second-order valence-electron chi connectivity index (χ2n) is 3.22. The van der Waals surface area contributed by atoms with Gasteiger partial charge in [0.25, 0.3) is 0 Å². The van der Waals surface area contributed by atoms with E-state index >= 15 is 0 Å². The van der Waals surface area contributed by atoms with Gasteiger partial charge in [-0.15, -0.1) is 10.2 Å². The number of hydrogen-bond donors (Lipinski definition) is 2. The van der Waals surface area contributed by atoms with Gasteiger partial charge < -0.3 is 10.1 Å². The summed E-state index contributed by atoms with van der Waals surface area (Å²) in [6, 6.07) is 11.0. The van der Waals surface area contributed by atoms with Crippen molar-refractivity contribution in [2.45, 2.75) is 6.92 Å². The van der Waals surface area contributed by atoms with E-state index < -0.39 is 0 Å². The van der Waals surface area contributed by atoms with E-state index in [9.17, 15) is 5.11 Å². The van der Waals surface area contributed by atoms with Gasteiger partial charge in [-0.25, -0.2) is 0 Å². The van der Waals surface area contributed by atoms with Gasteiger partial charge >= 0.3 is 0 Å². The first-order chi connectivity index (χ1) is 7.25. The quantitative estimate of drug-likeness (QED) is 0.718. The highest BCUT2D eigenvalue weighted by Gasteiger charge is 2.00. The molecule has 0 saturated heterocycles. The van der Waals surface area contributed by atoms with Crippen LogP contribution in [0.15, 0.2) is 46.6 Å². The van der Waals surface area contributed by atoms with E-state index in [0.717, 1.165) is 11.3 Å². The number of rotatable bonds is 2. The highest BCUT2D eigenvalue weighted by molar-refractivity contribution is 5.43. The Bertz CT molecular complexity index is 474. The number of aryl methyl sites for hydroxylation is 1. The maximum atomic E-state index is 9.17. The van der Waals surface area contributed by atoms with Gasteiger partial charge in [-0.3, -0.25) is 0 Å². The molecule has 0 spiro atoms. The molecule has 0 aliphatic rings. The standard InChI is InChI=1S/C11H11N3O/c1-8-7-10(15)12-11(8)14-13-9-5-3-2-4-6-9/h2-7,12,15H,1H3. The molecule has 76 valence electrons. The molecule has 4 heteroatoms. The molecule has 0 bridgehead atoms. The zero-order valence-electron chi connectivity index (χ0n) is 8.31. The first-order valence-corrected chi connectivity index (χ1v) is 4.61. The molecule has 1 aromatic carbocycles. The lowest BCUT2D eigenvalue weighted by atomic mass is 10.3. The molecule has 0 radical (unpaired) electrons. The van der Waals surface area contributed by atoms with Gasteiger partial charge in [0.1, 0.15) is 0 Å². The number of aromatic hydroxyl groups is 1. The summed E-state index contributed by atoms with van der Waals surface area (Å²) in [7, 11) is 0. The Morgan fingerprint density at radius 3 is 2.47 bits per heavy atom. The lowest BCUT2D eigenvalue weighted by molar-refractivity contribution is 0.457. The highest BCUT2D eigenvalue weighted by Crippen LogP contribution is 2.24. The summed E-state index contributed by atoms with van der Waals surface area (Å²) in [6.07, 6.45) is 0. The molecule has 2 aromatic rings. The van der Waals surface area contributed by atoms with Crippen LogP contribution < -0.4 is 0 Å². The Hall–Kier alpha value is -2.10. The molecular weight excluding hydrogens is 190 g/mol. The van der Waals surface area contributed by atoms with Crippen molar-refractivity contribution >= 4 is 11.5 Å². The van der Waals surface area contributed by atoms with E-state index in [0.29, 0.717) is 5.82 Å². The van der Waals surface area contributed by atoms with Gasteiger partial charge in [0.05, 0.1) is 5.69 Å². The van der Waals surface area contributed by atoms with Gasteiger partial charge in [-0.1, -0.05) is 18.2 Å². The average Bonchev–Trinajstić information content (AvgIpc) is 2.56. The minimum Gasteiger partial charge on any atom is -0.495 e. The van der Waals surface area contributed by atoms with Crippen molar-refractivity contribution in [3.63, 3.8) is 0 Å². The van der Waals surface area contributed by atoms with Crippen molar-refractivity contribution in [3.05, 3.63) is 42.0 Å². The maximum absolute atomic E-state index is 9.17. The zero-order chi connectivity index (χ0) is 10.7. The Morgan fingerprint density at radius 1 is 1.13 bits per heavy atom. The lowest BCUT2D eigenvalue weighted by Crippen LogP contribution is -1.66. The van der Waals surface area contributed by atoms with Crippen molar-refractivity contribution in [1.82, 2.24) is 4.98 Å². The van der Waals surface area contributed by atoms with Gasteiger partial charge in [-0.2, -0.15) is 0 Å². The summed E-state index contributed by atoms with van der Waals surface area (Å²) >= 11 is 0. The summed E-state index contributed by atoms with van der Waals surface area (Å²) in [6.45, 7) is 1.86. The van der Waals surface area contributed by atoms with Crippen LogP contribution in [0.2, 0.25) is 0 Å². The molecule has 0 fully saturated rings. The molecular formula is C11H11N3O. The number of H-pyrrole nitrogens is 1. The van der Waals surface area contributed by atoms with Crippen molar-refractivity contribution in [1.29, 1.82) is 0 Å². The fourth-order valence-electron chi connectivity index (χ4n) is 1.24. The van der Waals surface area contributed by atoms with Crippen LogP contribution >= 0.6 is 0 Å². The van der Waals surface area contributed by atoms with E-state index in [1.165, 1.54) is 0 Å². The number of benzene rings is 1. The monoisotopic (exact) mass is 201 g/mol. The van der Waals surface area contributed by atoms with Crippen molar-refractivity contribution in [3.8, 4) is 5.88 Å². The van der Waals surface area contributed by atoms with Crippen LogP contribution in [-0.2, 0) is 0 Å². The highest BCUT2D eigenvalue weighted by atomic mass is 16.3. The summed E-state index contributed by atoms with van der Waals surface area (Å²) in [4.78, 5) is 2.71. The SMILES string of the molecule is Cc1cc(O)[nH]c1N=Nc1ccccc1. The largest absolute Gasteiger partial charge is 0.495 e. The lowest BCUT2D eigenvalue weighted by Gasteiger charge is -1.90.